The van der Waals surface area contributed by atoms with Gasteiger partial charge in [0.05, 0.1) is 5.54 Å². The van der Waals surface area contributed by atoms with E-state index in [0.29, 0.717) is 11.3 Å². The molecule has 1 aliphatic rings. The summed E-state index contributed by atoms with van der Waals surface area (Å²) in [6.45, 7) is 12.0. The van der Waals surface area contributed by atoms with Crippen LogP contribution in [0.25, 0.3) is 0 Å². The molecule has 0 aromatic carbocycles. The summed E-state index contributed by atoms with van der Waals surface area (Å²) in [6.07, 6.45) is 1.23. The Kier molecular flexibility index (Phi) is 3.44. The van der Waals surface area contributed by atoms with Gasteiger partial charge in [0, 0.05) is 6.54 Å². The van der Waals surface area contributed by atoms with E-state index >= 15 is 0 Å². The number of hydrogen-bond donors (Lipinski definition) is 2. The first-order chi connectivity index (χ1) is 6.79. The number of carbonyl (C=O) groups excluding carboxylic acids is 1. The van der Waals surface area contributed by atoms with E-state index in [9.17, 15) is 4.79 Å². The van der Waals surface area contributed by atoms with Crippen LogP contribution >= 0.6 is 0 Å². The van der Waals surface area contributed by atoms with Crippen LogP contribution < -0.4 is 10.6 Å². The van der Waals surface area contributed by atoms with Gasteiger partial charge in [0.1, 0.15) is 0 Å². The van der Waals surface area contributed by atoms with Gasteiger partial charge in [0.2, 0.25) is 5.91 Å². The number of amides is 1. The molecule has 15 heavy (non-hydrogen) atoms. The maximum absolute atomic E-state index is 11.8. The Labute approximate surface area is 93.0 Å². The highest BCUT2D eigenvalue weighted by Gasteiger charge is 2.45. The predicted molar refractivity (Wildman–Crippen MR) is 62.7 cm³/mol. The molecule has 0 radical (unpaired) electrons. The summed E-state index contributed by atoms with van der Waals surface area (Å²) in [4.78, 5) is 11.8. The molecule has 0 aromatic rings. The second kappa shape index (κ2) is 4.12. The molecule has 1 saturated carbocycles. The van der Waals surface area contributed by atoms with Crippen molar-refractivity contribution in [3.05, 3.63) is 0 Å². The van der Waals surface area contributed by atoms with Gasteiger partial charge in [-0.1, -0.05) is 20.8 Å². The molecule has 0 bridgehead atoms. The molecule has 0 aliphatic heterocycles. The van der Waals surface area contributed by atoms with Crippen molar-refractivity contribution in [2.24, 2.45) is 11.3 Å². The monoisotopic (exact) mass is 212 g/mol. The molecule has 0 heterocycles. The lowest BCUT2D eigenvalue weighted by Crippen LogP contribution is -2.53. The van der Waals surface area contributed by atoms with Crippen LogP contribution in [0.15, 0.2) is 0 Å². The fraction of sp³-hybridized carbons (Fsp3) is 0.917. The van der Waals surface area contributed by atoms with Crippen LogP contribution in [0.1, 0.15) is 41.0 Å². The number of hydrogen-bond acceptors (Lipinski definition) is 2. The first kappa shape index (κ1) is 12.5. The number of rotatable bonds is 5. The Balaban J connectivity index is 2.30. The van der Waals surface area contributed by atoms with Crippen LogP contribution in [0.4, 0.5) is 0 Å². The van der Waals surface area contributed by atoms with Crippen molar-refractivity contribution in [2.75, 3.05) is 13.1 Å². The topological polar surface area (TPSA) is 41.1 Å². The van der Waals surface area contributed by atoms with Crippen molar-refractivity contribution in [3.63, 3.8) is 0 Å². The van der Waals surface area contributed by atoms with Gasteiger partial charge in [-0.05, 0) is 38.1 Å². The average molecular weight is 212 g/mol. The number of nitrogens with one attached hydrogen (secondary N) is 2. The van der Waals surface area contributed by atoms with Crippen molar-refractivity contribution in [1.29, 1.82) is 0 Å². The largest absolute Gasteiger partial charge is 0.354 e. The number of carbonyl (C=O) groups is 1. The molecule has 1 amide bonds. The fourth-order valence-corrected chi connectivity index (χ4v) is 1.88. The van der Waals surface area contributed by atoms with Crippen molar-refractivity contribution in [2.45, 2.75) is 46.6 Å². The minimum absolute atomic E-state index is 0.104. The molecule has 1 aliphatic carbocycles. The maximum atomic E-state index is 11.8. The Morgan fingerprint density at radius 2 is 2.00 bits per heavy atom. The van der Waals surface area contributed by atoms with Crippen molar-refractivity contribution < 1.29 is 4.79 Å². The molecular formula is C12H24N2O. The lowest BCUT2D eigenvalue weighted by Gasteiger charge is -2.24. The third kappa shape index (κ3) is 3.20. The van der Waals surface area contributed by atoms with E-state index in [0.717, 1.165) is 13.1 Å². The molecule has 1 fully saturated rings. The molecule has 1 unspecified atom stereocenters. The van der Waals surface area contributed by atoms with E-state index in [2.05, 4.69) is 24.5 Å². The minimum Gasteiger partial charge on any atom is -0.354 e. The van der Waals surface area contributed by atoms with Gasteiger partial charge in [0.25, 0.3) is 0 Å². The first-order valence-corrected chi connectivity index (χ1v) is 5.83. The SMILES string of the molecule is CCNC(C)(C)C(=O)NCC1CC1(C)C. The maximum Gasteiger partial charge on any atom is 0.239 e. The third-order valence-electron chi connectivity index (χ3n) is 3.41. The molecule has 3 nitrogen and oxygen atoms in total. The van der Waals surface area contributed by atoms with Gasteiger partial charge in [0.15, 0.2) is 0 Å². The molecule has 1 atom stereocenters. The predicted octanol–water partition coefficient (Wildman–Crippen LogP) is 1.54. The zero-order valence-corrected chi connectivity index (χ0v) is 10.6. The number of likely N-dealkylation sites (N-methyl/N-ethyl adjacent to an activating group) is 1. The molecule has 0 spiro atoms. The zero-order valence-electron chi connectivity index (χ0n) is 10.6. The second-order valence-electron chi connectivity index (χ2n) is 5.75. The third-order valence-corrected chi connectivity index (χ3v) is 3.41. The summed E-state index contributed by atoms with van der Waals surface area (Å²) in [7, 11) is 0. The molecule has 3 heteroatoms. The summed E-state index contributed by atoms with van der Waals surface area (Å²) < 4.78 is 0. The fourth-order valence-electron chi connectivity index (χ4n) is 1.88. The highest BCUT2D eigenvalue weighted by atomic mass is 16.2. The minimum atomic E-state index is -0.451. The van der Waals surface area contributed by atoms with Gasteiger partial charge in [-0.25, -0.2) is 0 Å². The van der Waals surface area contributed by atoms with E-state index in [4.69, 9.17) is 0 Å². The van der Waals surface area contributed by atoms with Crippen LogP contribution in [0, 0.1) is 11.3 Å². The van der Waals surface area contributed by atoms with Crippen LogP contribution in [0.2, 0.25) is 0 Å². The molecule has 1 rings (SSSR count). The van der Waals surface area contributed by atoms with E-state index < -0.39 is 5.54 Å². The highest BCUT2D eigenvalue weighted by Crippen LogP contribution is 2.50. The van der Waals surface area contributed by atoms with Crippen molar-refractivity contribution >= 4 is 5.91 Å². The summed E-state index contributed by atoms with van der Waals surface area (Å²) in [5.74, 6) is 0.769. The summed E-state index contributed by atoms with van der Waals surface area (Å²) in [5.41, 5.74) is -0.0105. The standard InChI is InChI=1S/C12H24N2O/c1-6-14-12(4,5)10(15)13-8-9-7-11(9,2)3/h9,14H,6-8H2,1-5H3,(H,13,15). The summed E-state index contributed by atoms with van der Waals surface area (Å²) >= 11 is 0. The van der Waals surface area contributed by atoms with Crippen LogP contribution in [-0.4, -0.2) is 24.5 Å². The smallest absolute Gasteiger partial charge is 0.239 e. The highest BCUT2D eigenvalue weighted by molar-refractivity contribution is 5.85. The van der Waals surface area contributed by atoms with Crippen molar-refractivity contribution in [1.82, 2.24) is 10.6 Å². The average Bonchev–Trinajstić information content (AvgIpc) is 2.70. The van der Waals surface area contributed by atoms with Crippen molar-refractivity contribution in [3.8, 4) is 0 Å². The van der Waals surface area contributed by atoms with Crippen LogP contribution in [0.5, 0.6) is 0 Å². The Morgan fingerprint density at radius 3 is 2.40 bits per heavy atom. The van der Waals surface area contributed by atoms with Crippen LogP contribution in [0.3, 0.4) is 0 Å². The van der Waals surface area contributed by atoms with Gasteiger partial charge in [-0.3, -0.25) is 4.79 Å². The normalized spacial score (nSPS) is 23.7. The molecule has 2 N–H and O–H groups in total. The quantitative estimate of drug-likeness (QED) is 0.726. The lowest BCUT2D eigenvalue weighted by molar-refractivity contribution is -0.126. The van der Waals surface area contributed by atoms with Gasteiger partial charge in [-0.15, -0.1) is 0 Å². The van der Waals surface area contributed by atoms with Gasteiger partial charge in [-0.2, -0.15) is 0 Å². The molecule has 0 saturated heterocycles. The first-order valence-electron chi connectivity index (χ1n) is 5.83. The molecule has 88 valence electrons. The summed E-state index contributed by atoms with van der Waals surface area (Å²) in [6, 6.07) is 0. The Morgan fingerprint density at radius 1 is 1.47 bits per heavy atom. The zero-order chi connectivity index (χ0) is 11.7. The van der Waals surface area contributed by atoms with Gasteiger partial charge < -0.3 is 10.6 Å². The lowest BCUT2D eigenvalue weighted by atomic mass is 10.0. The molecular weight excluding hydrogens is 188 g/mol. The van der Waals surface area contributed by atoms with E-state index in [1.54, 1.807) is 0 Å². The Hall–Kier alpha value is -0.570. The van der Waals surface area contributed by atoms with E-state index in [-0.39, 0.29) is 5.91 Å². The second-order valence-corrected chi connectivity index (χ2v) is 5.75. The van der Waals surface area contributed by atoms with Crippen LogP contribution in [-0.2, 0) is 4.79 Å². The van der Waals surface area contributed by atoms with E-state index in [1.165, 1.54) is 6.42 Å². The summed E-state index contributed by atoms with van der Waals surface area (Å²) in [5, 5.41) is 6.20. The van der Waals surface area contributed by atoms with Gasteiger partial charge >= 0.3 is 0 Å². The van der Waals surface area contributed by atoms with E-state index in [1.807, 2.05) is 20.8 Å². The Bertz CT molecular complexity index is 246. The molecule has 0 aromatic heterocycles.